The second-order valence-electron chi connectivity index (χ2n) is 7.34. The molecule has 1 aliphatic rings. The molecule has 1 aromatic carbocycles. The largest absolute Gasteiger partial charge is 0.449 e. The van der Waals surface area contributed by atoms with Gasteiger partial charge in [-0.2, -0.15) is 5.10 Å². The number of carbonyl (C=O) groups excluding carboxylic acids is 2. The van der Waals surface area contributed by atoms with Gasteiger partial charge in [-0.15, -0.1) is 0 Å². The van der Waals surface area contributed by atoms with Crippen molar-refractivity contribution in [1.82, 2.24) is 15.1 Å². The number of aromatic nitrogens is 2. The van der Waals surface area contributed by atoms with E-state index >= 15 is 0 Å². The van der Waals surface area contributed by atoms with Gasteiger partial charge in [0, 0.05) is 17.7 Å². The van der Waals surface area contributed by atoms with Gasteiger partial charge in [-0.3, -0.25) is 4.79 Å². The first-order chi connectivity index (χ1) is 13.9. The van der Waals surface area contributed by atoms with E-state index < -0.39 is 12.1 Å². The molecule has 1 fully saturated rings. The fraction of sp³-hybridized carbons (Fsp3) is 0.409. The predicted octanol–water partition coefficient (Wildman–Crippen LogP) is 3.90. The third kappa shape index (κ3) is 5.70. The van der Waals surface area contributed by atoms with Crippen LogP contribution in [0.4, 0.5) is 0 Å². The van der Waals surface area contributed by atoms with Crippen LogP contribution in [0.2, 0.25) is 5.15 Å². The number of nitrogens with zero attached hydrogens (tertiary/aromatic N) is 2. The summed E-state index contributed by atoms with van der Waals surface area (Å²) in [5, 5.41) is 7.82. The van der Waals surface area contributed by atoms with Gasteiger partial charge in [-0.05, 0) is 38.3 Å². The number of benzene rings is 1. The number of ether oxygens (including phenoxy) is 1. The smallest absolute Gasteiger partial charge is 0.331 e. The molecule has 0 spiro atoms. The van der Waals surface area contributed by atoms with Crippen LogP contribution in [0, 0.1) is 6.92 Å². The molecule has 1 aliphatic carbocycles. The molecule has 0 radical (unpaired) electrons. The summed E-state index contributed by atoms with van der Waals surface area (Å²) in [4.78, 5) is 24.3. The molecule has 2 aromatic rings. The molecular formula is C22H26ClN3O3. The van der Waals surface area contributed by atoms with Gasteiger partial charge in [0.2, 0.25) is 0 Å². The molecule has 7 heteroatoms. The van der Waals surface area contributed by atoms with Crippen molar-refractivity contribution in [2.75, 3.05) is 0 Å². The van der Waals surface area contributed by atoms with Crippen LogP contribution in [-0.2, 0) is 20.9 Å². The van der Waals surface area contributed by atoms with Crippen LogP contribution in [0.5, 0.6) is 0 Å². The Bertz CT molecular complexity index is 886. The normalized spacial score (nSPS) is 15.6. The van der Waals surface area contributed by atoms with Crippen molar-refractivity contribution in [2.45, 2.75) is 58.2 Å². The molecule has 0 unspecified atom stereocenters. The summed E-state index contributed by atoms with van der Waals surface area (Å²) in [6, 6.07) is 10.1. The molecule has 0 bridgehead atoms. The Morgan fingerprint density at radius 3 is 2.69 bits per heavy atom. The van der Waals surface area contributed by atoms with E-state index in [2.05, 4.69) is 10.4 Å². The molecule has 0 aliphatic heterocycles. The van der Waals surface area contributed by atoms with Crippen molar-refractivity contribution < 1.29 is 14.3 Å². The van der Waals surface area contributed by atoms with Crippen molar-refractivity contribution >= 4 is 29.6 Å². The van der Waals surface area contributed by atoms with E-state index in [1.807, 2.05) is 37.3 Å². The number of nitrogens with one attached hydrogen (secondary N) is 1. The number of rotatable bonds is 7. The Balaban J connectivity index is 1.58. The molecule has 3 rings (SSSR count). The highest BCUT2D eigenvalue weighted by molar-refractivity contribution is 6.31. The van der Waals surface area contributed by atoms with E-state index in [0.717, 1.165) is 31.2 Å². The second-order valence-corrected chi connectivity index (χ2v) is 7.69. The van der Waals surface area contributed by atoms with Crippen molar-refractivity contribution in [3.63, 3.8) is 0 Å². The van der Waals surface area contributed by atoms with Gasteiger partial charge in [0.15, 0.2) is 6.10 Å². The highest BCUT2D eigenvalue weighted by Gasteiger charge is 2.22. The van der Waals surface area contributed by atoms with Gasteiger partial charge in [-0.25, -0.2) is 9.48 Å². The third-order valence-corrected chi connectivity index (χ3v) is 5.43. The van der Waals surface area contributed by atoms with E-state index in [1.165, 1.54) is 6.08 Å². The maximum Gasteiger partial charge on any atom is 0.331 e. The summed E-state index contributed by atoms with van der Waals surface area (Å²) in [6.07, 6.45) is 6.23. The van der Waals surface area contributed by atoms with Crippen molar-refractivity contribution in [1.29, 1.82) is 0 Å². The molecule has 1 atom stereocenters. The van der Waals surface area contributed by atoms with E-state index in [-0.39, 0.29) is 11.9 Å². The number of esters is 1. The monoisotopic (exact) mass is 415 g/mol. The maximum atomic E-state index is 12.1. The number of carbonyl (C=O) groups is 2. The summed E-state index contributed by atoms with van der Waals surface area (Å²) in [5.41, 5.74) is 2.44. The first-order valence-electron chi connectivity index (χ1n) is 9.90. The Kier molecular flexibility index (Phi) is 7.09. The van der Waals surface area contributed by atoms with Gasteiger partial charge in [0.25, 0.3) is 5.91 Å². The van der Waals surface area contributed by atoms with Gasteiger partial charge in [-0.1, -0.05) is 54.8 Å². The van der Waals surface area contributed by atoms with Crippen LogP contribution >= 0.6 is 11.6 Å². The lowest BCUT2D eigenvalue weighted by Gasteiger charge is -2.16. The molecule has 29 heavy (non-hydrogen) atoms. The van der Waals surface area contributed by atoms with Crippen LogP contribution in [-0.4, -0.2) is 33.8 Å². The molecule has 1 saturated carbocycles. The average molecular weight is 416 g/mol. The van der Waals surface area contributed by atoms with Crippen LogP contribution in [0.25, 0.3) is 6.08 Å². The summed E-state index contributed by atoms with van der Waals surface area (Å²) >= 11 is 6.45. The highest BCUT2D eigenvalue weighted by Crippen LogP contribution is 2.22. The molecule has 154 valence electrons. The number of aryl methyl sites for hydroxylation is 1. The Labute approximate surface area is 175 Å². The Morgan fingerprint density at radius 1 is 1.31 bits per heavy atom. The van der Waals surface area contributed by atoms with Gasteiger partial charge in [0.05, 0.1) is 12.2 Å². The quantitative estimate of drug-likeness (QED) is 0.549. The molecular weight excluding hydrogens is 390 g/mol. The van der Waals surface area contributed by atoms with Crippen molar-refractivity contribution in [3.8, 4) is 0 Å². The summed E-state index contributed by atoms with van der Waals surface area (Å²) in [6.45, 7) is 3.94. The highest BCUT2D eigenvalue weighted by atomic mass is 35.5. The summed E-state index contributed by atoms with van der Waals surface area (Å²) in [7, 11) is 0. The van der Waals surface area contributed by atoms with E-state index in [1.54, 1.807) is 17.7 Å². The number of amides is 1. The van der Waals surface area contributed by atoms with E-state index in [4.69, 9.17) is 16.3 Å². The average Bonchev–Trinajstić information content (AvgIpc) is 3.29. The zero-order chi connectivity index (χ0) is 20.8. The van der Waals surface area contributed by atoms with Crippen LogP contribution in [0.3, 0.4) is 0 Å². The number of halogens is 1. The molecule has 1 N–H and O–H groups in total. The van der Waals surface area contributed by atoms with Crippen LogP contribution in [0.1, 0.15) is 49.4 Å². The lowest BCUT2D eigenvalue weighted by Crippen LogP contribution is -2.40. The molecule has 1 amide bonds. The second kappa shape index (κ2) is 9.74. The SMILES string of the molecule is Cc1nn(Cc2ccccc2)c(Cl)c1/C=C/C(=O)O[C@@H](C)C(=O)NC1CCCC1. The minimum absolute atomic E-state index is 0.191. The molecule has 1 aromatic heterocycles. The first-order valence-corrected chi connectivity index (χ1v) is 10.3. The standard InChI is InChI=1S/C22H26ClN3O3/c1-15-19(21(23)26(25-15)14-17-8-4-3-5-9-17)12-13-20(27)29-16(2)22(28)24-18-10-6-7-11-18/h3-5,8-9,12-13,16,18H,6-7,10-11,14H2,1-2H3,(H,24,28)/b13-12+/t16-/m0/s1. The topological polar surface area (TPSA) is 73.2 Å². The van der Waals surface area contributed by atoms with Crippen LogP contribution in [0.15, 0.2) is 36.4 Å². The van der Waals surface area contributed by atoms with E-state index in [0.29, 0.717) is 23.0 Å². The summed E-state index contributed by atoms with van der Waals surface area (Å²) in [5.74, 6) is -0.853. The fourth-order valence-electron chi connectivity index (χ4n) is 3.42. The van der Waals surface area contributed by atoms with Gasteiger partial charge < -0.3 is 10.1 Å². The molecule has 0 saturated heterocycles. The zero-order valence-corrected chi connectivity index (χ0v) is 17.5. The molecule has 1 heterocycles. The van der Waals surface area contributed by atoms with Gasteiger partial charge in [0.1, 0.15) is 5.15 Å². The zero-order valence-electron chi connectivity index (χ0n) is 16.7. The maximum absolute atomic E-state index is 12.1. The van der Waals surface area contributed by atoms with Crippen molar-refractivity contribution in [2.24, 2.45) is 0 Å². The molecule has 6 nitrogen and oxygen atoms in total. The Hall–Kier alpha value is -2.60. The predicted molar refractivity (Wildman–Crippen MR) is 113 cm³/mol. The Morgan fingerprint density at radius 2 is 2.00 bits per heavy atom. The van der Waals surface area contributed by atoms with Crippen LogP contribution < -0.4 is 5.32 Å². The van der Waals surface area contributed by atoms with E-state index in [9.17, 15) is 9.59 Å². The minimum Gasteiger partial charge on any atom is -0.449 e. The first kappa shape index (κ1) is 21.1. The lowest BCUT2D eigenvalue weighted by molar-refractivity contribution is -0.150. The van der Waals surface area contributed by atoms with Gasteiger partial charge >= 0.3 is 5.97 Å². The third-order valence-electron chi connectivity index (χ3n) is 5.03. The lowest BCUT2D eigenvalue weighted by atomic mass is 10.2. The van der Waals surface area contributed by atoms with Crippen molar-refractivity contribution in [3.05, 3.63) is 58.4 Å². The number of hydrogen-bond acceptors (Lipinski definition) is 4. The minimum atomic E-state index is -0.842. The number of hydrogen-bond donors (Lipinski definition) is 1. The summed E-state index contributed by atoms with van der Waals surface area (Å²) < 4.78 is 6.91. The fourth-order valence-corrected chi connectivity index (χ4v) is 3.72.